The van der Waals surface area contributed by atoms with Crippen LogP contribution in [-0.4, -0.2) is 51.5 Å². The highest BCUT2D eigenvalue weighted by Gasteiger charge is 2.32. The molecule has 0 radical (unpaired) electrons. The summed E-state index contributed by atoms with van der Waals surface area (Å²) in [5.74, 6) is -0.0595. The summed E-state index contributed by atoms with van der Waals surface area (Å²) in [6, 6.07) is 2.46. The zero-order chi connectivity index (χ0) is 15.7. The van der Waals surface area contributed by atoms with Crippen LogP contribution in [0.25, 0.3) is 0 Å². The minimum Gasteiger partial charge on any atom is -0.383 e. The Labute approximate surface area is 124 Å². The monoisotopic (exact) mass is 334 g/mol. The lowest BCUT2D eigenvalue weighted by molar-refractivity contribution is 0.303. The maximum Gasteiger partial charge on any atom is 0.246 e. The molecular weight excluding hydrogens is 316 g/mol. The van der Waals surface area contributed by atoms with E-state index >= 15 is 0 Å². The minimum absolute atomic E-state index is 0.0509. The number of nitrogens with one attached hydrogen (secondary N) is 1. The normalized spacial score (nSPS) is 21.3. The molecule has 1 unspecified atom stereocenters. The van der Waals surface area contributed by atoms with Gasteiger partial charge in [0.05, 0.1) is 6.26 Å². The average Bonchev–Trinajstić information content (AvgIpc) is 2.37. The summed E-state index contributed by atoms with van der Waals surface area (Å²) >= 11 is 0. The third kappa shape index (κ3) is 3.90. The lowest BCUT2D eigenvalue weighted by Crippen LogP contribution is -2.49. The Morgan fingerprint density at radius 2 is 2.10 bits per heavy atom. The number of hydrogen-bond donors (Lipinski definition) is 2. The second-order valence-corrected chi connectivity index (χ2v) is 8.67. The van der Waals surface area contributed by atoms with Crippen molar-refractivity contribution < 1.29 is 16.8 Å². The summed E-state index contributed by atoms with van der Waals surface area (Å²) in [5.41, 5.74) is 5.62. The average molecular weight is 334 g/mol. The Morgan fingerprint density at radius 3 is 2.71 bits per heavy atom. The quantitative estimate of drug-likeness (QED) is 0.755. The maximum atomic E-state index is 12.5. The summed E-state index contributed by atoms with van der Waals surface area (Å²) in [6.07, 6.45) is 3.65. The van der Waals surface area contributed by atoms with Crippen LogP contribution < -0.4 is 10.5 Å². The van der Waals surface area contributed by atoms with E-state index in [1.807, 2.05) is 0 Å². The molecule has 0 spiro atoms. The first-order chi connectivity index (χ1) is 9.70. The number of piperidine rings is 1. The molecule has 0 amide bonds. The zero-order valence-electron chi connectivity index (χ0n) is 11.6. The summed E-state index contributed by atoms with van der Waals surface area (Å²) < 4.78 is 51.3. The molecular formula is C11H18N4O4S2. The number of sulfonamides is 2. The molecule has 1 atom stereocenters. The molecule has 118 valence electrons. The Bertz CT molecular complexity index is 717. The van der Waals surface area contributed by atoms with Crippen molar-refractivity contribution >= 4 is 25.9 Å². The standard InChI is InChI=1S/C11H18N4O4S2/c1-20(16,17)14-9-4-3-7-15(8-9)21(18,19)10-5-2-6-13-11(10)12/h2,5-6,9,14H,3-4,7-8H2,1H3,(H2,12,13). The number of anilines is 1. The summed E-state index contributed by atoms with van der Waals surface area (Å²) in [4.78, 5) is 3.73. The number of rotatable bonds is 4. The predicted octanol–water partition coefficient (Wildman–Crippen LogP) is -0.634. The predicted molar refractivity (Wildman–Crippen MR) is 78.4 cm³/mol. The molecule has 0 saturated carbocycles. The van der Waals surface area contributed by atoms with Crippen LogP contribution in [0, 0.1) is 0 Å². The molecule has 2 heterocycles. The lowest BCUT2D eigenvalue weighted by atomic mass is 10.1. The third-order valence-corrected chi connectivity index (χ3v) is 5.86. The number of aromatic nitrogens is 1. The Balaban J connectivity index is 2.23. The number of nitrogens with two attached hydrogens (primary N) is 1. The molecule has 0 aliphatic carbocycles. The fourth-order valence-corrected chi connectivity index (χ4v) is 4.71. The number of hydrogen-bond acceptors (Lipinski definition) is 6. The van der Waals surface area contributed by atoms with Gasteiger partial charge in [-0.3, -0.25) is 0 Å². The topological polar surface area (TPSA) is 122 Å². The van der Waals surface area contributed by atoms with Gasteiger partial charge in [-0.15, -0.1) is 0 Å². The van der Waals surface area contributed by atoms with Crippen molar-refractivity contribution in [1.29, 1.82) is 0 Å². The van der Waals surface area contributed by atoms with Gasteiger partial charge in [0.25, 0.3) is 0 Å². The molecule has 0 aromatic carbocycles. The van der Waals surface area contributed by atoms with Crippen LogP contribution in [0.3, 0.4) is 0 Å². The fourth-order valence-electron chi connectivity index (χ4n) is 2.32. The van der Waals surface area contributed by atoms with E-state index in [0.717, 1.165) is 6.26 Å². The minimum atomic E-state index is -3.77. The van der Waals surface area contributed by atoms with E-state index in [1.165, 1.54) is 22.6 Å². The highest BCUT2D eigenvalue weighted by atomic mass is 32.2. The molecule has 1 aromatic rings. The van der Waals surface area contributed by atoms with E-state index in [9.17, 15) is 16.8 Å². The van der Waals surface area contributed by atoms with E-state index in [-0.39, 0.29) is 17.3 Å². The van der Waals surface area contributed by atoms with Crippen LogP contribution in [-0.2, 0) is 20.0 Å². The first kappa shape index (κ1) is 16.1. The van der Waals surface area contributed by atoms with Gasteiger partial charge in [0.2, 0.25) is 20.0 Å². The molecule has 8 nitrogen and oxygen atoms in total. The second-order valence-electron chi connectivity index (χ2n) is 4.98. The smallest absolute Gasteiger partial charge is 0.246 e. The summed E-state index contributed by atoms with van der Waals surface area (Å²) in [7, 11) is -7.14. The van der Waals surface area contributed by atoms with Gasteiger partial charge in [-0.05, 0) is 25.0 Å². The summed E-state index contributed by atoms with van der Waals surface area (Å²) in [6.45, 7) is 0.419. The van der Waals surface area contributed by atoms with Gasteiger partial charge in [-0.25, -0.2) is 26.5 Å². The fraction of sp³-hybridized carbons (Fsp3) is 0.545. The maximum absolute atomic E-state index is 12.5. The first-order valence-corrected chi connectivity index (χ1v) is 9.71. The van der Waals surface area contributed by atoms with E-state index in [1.54, 1.807) is 0 Å². The van der Waals surface area contributed by atoms with Gasteiger partial charge < -0.3 is 5.73 Å². The first-order valence-electron chi connectivity index (χ1n) is 6.38. The lowest BCUT2D eigenvalue weighted by Gasteiger charge is -2.32. The van der Waals surface area contributed by atoms with Gasteiger partial charge in [0, 0.05) is 25.3 Å². The highest BCUT2D eigenvalue weighted by Crippen LogP contribution is 2.23. The number of nitrogen functional groups attached to an aromatic ring is 1. The van der Waals surface area contributed by atoms with Crippen molar-refractivity contribution in [3.8, 4) is 0 Å². The molecule has 10 heteroatoms. The molecule has 2 rings (SSSR count). The van der Waals surface area contributed by atoms with E-state index in [2.05, 4.69) is 9.71 Å². The molecule has 1 fully saturated rings. The zero-order valence-corrected chi connectivity index (χ0v) is 13.2. The van der Waals surface area contributed by atoms with Crippen LogP contribution in [0.15, 0.2) is 23.2 Å². The second kappa shape index (κ2) is 5.87. The van der Waals surface area contributed by atoms with Crippen molar-refractivity contribution in [2.75, 3.05) is 25.1 Å². The van der Waals surface area contributed by atoms with E-state index < -0.39 is 26.1 Å². The number of nitrogens with zero attached hydrogens (tertiary/aromatic N) is 2. The molecule has 0 bridgehead atoms. The van der Waals surface area contributed by atoms with Crippen LogP contribution in [0.5, 0.6) is 0 Å². The molecule has 1 aliphatic heterocycles. The van der Waals surface area contributed by atoms with Gasteiger partial charge in [0.1, 0.15) is 10.7 Å². The summed E-state index contributed by atoms with van der Waals surface area (Å²) in [5, 5.41) is 0. The van der Waals surface area contributed by atoms with Gasteiger partial charge in [-0.2, -0.15) is 4.31 Å². The Kier molecular flexibility index (Phi) is 4.51. The van der Waals surface area contributed by atoms with E-state index in [4.69, 9.17) is 5.73 Å². The van der Waals surface area contributed by atoms with Crippen LogP contribution >= 0.6 is 0 Å². The van der Waals surface area contributed by atoms with Crippen molar-refractivity contribution in [2.24, 2.45) is 0 Å². The molecule has 3 N–H and O–H groups in total. The third-order valence-electron chi connectivity index (χ3n) is 3.18. The van der Waals surface area contributed by atoms with Crippen molar-refractivity contribution in [3.63, 3.8) is 0 Å². The largest absolute Gasteiger partial charge is 0.383 e. The van der Waals surface area contributed by atoms with Crippen LogP contribution in [0.4, 0.5) is 5.82 Å². The Hall–Kier alpha value is -1.23. The van der Waals surface area contributed by atoms with Gasteiger partial charge in [0.15, 0.2) is 0 Å². The molecule has 1 saturated heterocycles. The highest BCUT2D eigenvalue weighted by molar-refractivity contribution is 7.89. The van der Waals surface area contributed by atoms with Crippen molar-refractivity contribution in [1.82, 2.24) is 14.0 Å². The molecule has 1 aromatic heterocycles. The number of pyridine rings is 1. The van der Waals surface area contributed by atoms with Crippen molar-refractivity contribution in [3.05, 3.63) is 18.3 Å². The Morgan fingerprint density at radius 1 is 1.38 bits per heavy atom. The van der Waals surface area contributed by atoms with Crippen LogP contribution in [0.1, 0.15) is 12.8 Å². The molecule has 21 heavy (non-hydrogen) atoms. The van der Waals surface area contributed by atoms with Crippen molar-refractivity contribution in [2.45, 2.75) is 23.8 Å². The van der Waals surface area contributed by atoms with Gasteiger partial charge >= 0.3 is 0 Å². The van der Waals surface area contributed by atoms with Gasteiger partial charge in [-0.1, -0.05) is 0 Å². The van der Waals surface area contributed by atoms with E-state index in [0.29, 0.717) is 19.4 Å². The van der Waals surface area contributed by atoms with Crippen LogP contribution in [0.2, 0.25) is 0 Å². The SMILES string of the molecule is CS(=O)(=O)NC1CCCN(S(=O)(=O)c2cccnc2N)C1. The molecule has 1 aliphatic rings.